The first kappa shape index (κ1) is 19.1. The van der Waals surface area contributed by atoms with E-state index in [0.717, 1.165) is 5.56 Å². The van der Waals surface area contributed by atoms with Crippen LogP contribution < -0.4 is 5.73 Å². The molecule has 7 N–H and O–H groups in total. The number of aromatic amines is 1. The molecule has 1 aliphatic heterocycles. The Bertz CT molecular complexity index is 875. The summed E-state index contributed by atoms with van der Waals surface area (Å²) in [5, 5.41) is 35.0. The number of nitrogens with two attached hydrogens (primary N) is 1. The number of hydrogen-bond donors (Lipinski definition) is 6. The molecule has 1 saturated heterocycles. The van der Waals surface area contributed by atoms with Gasteiger partial charge in [0.2, 0.25) is 0 Å². The topological polar surface area (TPSA) is 171 Å². The van der Waals surface area contributed by atoms with Gasteiger partial charge in [-0.1, -0.05) is 30.3 Å². The first-order chi connectivity index (χ1) is 13.0. The van der Waals surface area contributed by atoms with Crippen molar-refractivity contribution in [3.63, 3.8) is 0 Å². The molecule has 10 heteroatoms. The fraction of sp³-hybridized carbons (Fsp3) is 0.353. The van der Waals surface area contributed by atoms with Crippen LogP contribution in [0.3, 0.4) is 0 Å². The van der Waals surface area contributed by atoms with Gasteiger partial charge in [-0.3, -0.25) is 0 Å². The minimum Gasteiger partial charge on any atom is -0.394 e. The summed E-state index contributed by atoms with van der Waals surface area (Å²) in [4.78, 5) is 15.6. The van der Waals surface area contributed by atoms with E-state index in [4.69, 9.17) is 26.2 Å². The van der Waals surface area contributed by atoms with E-state index in [1.54, 1.807) is 6.33 Å². The molecule has 3 aromatic rings. The average molecular weight is 375 g/mol. The van der Waals surface area contributed by atoms with Gasteiger partial charge in [-0.05, 0) is 5.56 Å². The van der Waals surface area contributed by atoms with Crippen molar-refractivity contribution in [1.82, 2.24) is 19.9 Å². The van der Waals surface area contributed by atoms with Crippen molar-refractivity contribution in [1.29, 1.82) is 0 Å². The molecule has 0 spiro atoms. The number of nitrogen functional groups attached to an aromatic ring is 1. The van der Waals surface area contributed by atoms with Crippen LogP contribution in [0, 0.1) is 0 Å². The van der Waals surface area contributed by atoms with Crippen molar-refractivity contribution in [2.24, 2.45) is 0 Å². The van der Waals surface area contributed by atoms with Crippen molar-refractivity contribution < 1.29 is 25.2 Å². The van der Waals surface area contributed by atoms with Crippen LogP contribution in [0.5, 0.6) is 0 Å². The van der Waals surface area contributed by atoms with Gasteiger partial charge < -0.3 is 35.9 Å². The lowest BCUT2D eigenvalue weighted by atomic mass is 10.1. The molecule has 4 rings (SSSR count). The third-order valence-electron chi connectivity index (χ3n) is 4.08. The highest BCUT2D eigenvalue weighted by atomic mass is 16.6. The largest absolute Gasteiger partial charge is 0.394 e. The minimum atomic E-state index is -1.38. The highest BCUT2D eigenvalue weighted by Crippen LogP contribution is 2.18. The maximum atomic E-state index is 8.93. The number of hydrogen-bond acceptors (Lipinski definition) is 9. The molecule has 0 radical (unpaired) electrons. The number of aliphatic hydroxyl groups is 4. The zero-order valence-corrected chi connectivity index (χ0v) is 14.3. The highest BCUT2D eigenvalue weighted by Gasteiger charge is 2.41. The minimum absolute atomic E-state index is 0.407. The van der Waals surface area contributed by atoms with Gasteiger partial charge in [-0.25, -0.2) is 15.0 Å². The number of ether oxygens (including phenoxy) is 1. The summed E-state index contributed by atoms with van der Waals surface area (Å²) >= 11 is 0. The van der Waals surface area contributed by atoms with Crippen molar-refractivity contribution in [3.05, 3.63) is 48.0 Å². The molecule has 1 aliphatic rings. The van der Waals surface area contributed by atoms with Gasteiger partial charge in [-0.2, -0.15) is 0 Å². The van der Waals surface area contributed by atoms with E-state index in [9.17, 15) is 0 Å². The summed E-state index contributed by atoms with van der Waals surface area (Å²) in [5.74, 6) is 1.13. The summed E-state index contributed by atoms with van der Waals surface area (Å²) in [6, 6.07) is 10.0. The van der Waals surface area contributed by atoms with E-state index < -0.39 is 31.2 Å². The Kier molecular flexibility index (Phi) is 5.94. The number of aromatic nitrogens is 4. The van der Waals surface area contributed by atoms with Gasteiger partial charge >= 0.3 is 0 Å². The molecule has 0 saturated carbocycles. The lowest BCUT2D eigenvalue weighted by molar-refractivity contribution is -0.132. The summed E-state index contributed by atoms with van der Waals surface area (Å²) in [5.41, 5.74) is 8.30. The van der Waals surface area contributed by atoms with Crippen LogP contribution in [-0.4, -0.2) is 71.6 Å². The third-order valence-corrected chi connectivity index (χ3v) is 4.08. The predicted octanol–water partition coefficient (Wildman–Crippen LogP) is -1.06. The van der Waals surface area contributed by atoms with Crippen LogP contribution >= 0.6 is 0 Å². The second-order valence-electron chi connectivity index (χ2n) is 6.02. The standard InChI is InChI=1S/C12H11N5.C5H10O5/c13-11-10-12(15-7-14-10)17-9(16-11)6-8-4-2-1-3-5-8;6-1-2-3(7)4(8)5(9)10-2/h1-5,7H,6H2,(H3,13,14,15,16,17);2-9H,1H2/t;2-,3-,4-,5?/m.1/s1. The van der Waals surface area contributed by atoms with Crippen molar-refractivity contribution in [3.8, 4) is 0 Å². The normalized spacial score (nSPS) is 24.6. The number of nitrogens with one attached hydrogen (secondary N) is 1. The smallest absolute Gasteiger partial charge is 0.184 e. The SMILES string of the molecule is Nc1nc(Cc2ccccc2)nc2nc[nH]c12.OC[C@H]1OC(O)[C@H](O)[C@@H]1O. The third kappa shape index (κ3) is 4.38. The molecule has 0 amide bonds. The Morgan fingerprint density at radius 3 is 2.41 bits per heavy atom. The van der Waals surface area contributed by atoms with Gasteiger partial charge in [0.15, 0.2) is 17.8 Å². The Morgan fingerprint density at radius 2 is 1.81 bits per heavy atom. The molecule has 2 aromatic heterocycles. The Morgan fingerprint density at radius 1 is 1.07 bits per heavy atom. The Labute approximate surface area is 154 Å². The number of aliphatic hydroxyl groups excluding tert-OH is 4. The van der Waals surface area contributed by atoms with E-state index in [0.29, 0.717) is 29.2 Å². The Balaban J connectivity index is 0.000000180. The van der Waals surface area contributed by atoms with Crippen LogP contribution in [0.1, 0.15) is 11.4 Å². The van der Waals surface area contributed by atoms with E-state index in [-0.39, 0.29) is 0 Å². The lowest BCUT2D eigenvalue weighted by Gasteiger charge is -2.09. The van der Waals surface area contributed by atoms with E-state index in [1.807, 2.05) is 30.3 Å². The highest BCUT2D eigenvalue weighted by molar-refractivity contribution is 5.80. The molecule has 1 unspecified atom stereocenters. The van der Waals surface area contributed by atoms with Gasteiger partial charge in [0, 0.05) is 6.42 Å². The molecule has 4 atom stereocenters. The number of fused-ring (bicyclic) bond motifs is 1. The Hall–Kier alpha value is -2.63. The summed E-state index contributed by atoms with van der Waals surface area (Å²) < 4.78 is 4.54. The maximum absolute atomic E-state index is 8.93. The van der Waals surface area contributed by atoms with Crippen LogP contribution in [-0.2, 0) is 11.2 Å². The van der Waals surface area contributed by atoms with E-state index in [1.165, 1.54) is 0 Å². The first-order valence-corrected chi connectivity index (χ1v) is 8.29. The number of benzene rings is 1. The number of anilines is 1. The van der Waals surface area contributed by atoms with Gasteiger partial charge in [0.1, 0.15) is 29.7 Å². The van der Waals surface area contributed by atoms with Crippen molar-refractivity contribution in [2.45, 2.75) is 31.0 Å². The van der Waals surface area contributed by atoms with Crippen LogP contribution in [0.2, 0.25) is 0 Å². The fourth-order valence-corrected chi connectivity index (χ4v) is 2.64. The second kappa shape index (κ2) is 8.37. The first-order valence-electron chi connectivity index (χ1n) is 8.29. The zero-order chi connectivity index (χ0) is 19.4. The van der Waals surface area contributed by atoms with Crippen LogP contribution in [0.4, 0.5) is 5.82 Å². The summed E-state index contributed by atoms with van der Waals surface area (Å²) in [7, 11) is 0. The van der Waals surface area contributed by atoms with Crippen LogP contribution in [0.15, 0.2) is 36.7 Å². The molecule has 27 heavy (non-hydrogen) atoms. The van der Waals surface area contributed by atoms with Gasteiger partial charge in [0.25, 0.3) is 0 Å². The summed E-state index contributed by atoms with van der Waals surface area (Å²) in [6.07, 6.45) is -2.52. The second-order valence-corrected chi connectivity index (χ2v) is 6.02. The molecular formula is C17H21N5O5. The zero-order valence-electron chi connectivity index (χ0n) is 14.3. The maximum Gasteiger partial charge on any atom is 0.184 e. The number of nitrogens with zero attached hydrogens (tertiary/aromatic N) is 3. The number of H-pyrrole nitrogens is 1. The molecule has 144 valence electrons. The average Bonchev–Trinajstić information content (AvgIpc) is 3.24. The summed E-state index contributed by atoms with van der Waals surface area (Å²) in [6.45, 7) is -0.407. The van der Waals surface area contributed by atoms with E-state index in [2.05, 4.69) is 24.7 Å². The molecule has 0 bridgehead atoms. The molecule has 0 aliphatic carbocycles. The molecule has 1 aromatic carbocycles. The lowest BCUT2D eigenvalue weighted by Crippen LogP contribution is -2.33. The van der Waals surface area contributed by atoms with Gasteiger partial charge in [-0.15, -0.1) is 0 Å². The molecule has 10 nitrogen and oxygen atoms in total. The molecule has 3 heterocycles. The van der Waals surface area contributed by atoms with E-state index >= 15 is 0 Å². The van der Waals surface area contributed by atoms with Crippen LogP contribution in [0.25, 0.3) is 11.2 Å². The molecule has 1 fully saturated rings. The number of rotatable bonds is 3. The predicted molar refractivity (Wildman–Crippen MR) is 95.3 cm³/mol. The van der Waals surface area contributed by atoms with Gasteiger partial charge in [0.05, 0.1) is 12.9 Å². The van der Waals surface area contributed by atoms with Crippen molar-refractivity contribution >= 4 is 17.0 Å². The molecular weight excluding hydrogens is 354 g/mol. The quantitative estimate of drug-likeness (QED) is 0.334. The fourth-order valence-electron chi connectivity index (χ4n) is 2.64. The van der Waals surface area contributed by atoms with Crippen molar-refractivity contribution in [2.75, 3.05) is 12.3 Å². The monoisotopic (exact) mass is 375 g/mol. The number of imidazole rings is 1.